The topological polar surface area (TPSA) is 55.8 Å². The fourth-order valence-corrected chi connectivity index (χ4v) is 2.66. The molecule has 0 fully saturated rings. The number of nitrogens with zero attached hydrogens (tertiary/aromatic N) is 1. The molecule has 0 saturated carbocycles. The van der Waals surface area contributed by atoms with E-state index in [0.29, 0.717) is 18.9 Å². The van der Waals surface area contributed by atoms with Crippen LogP contribution in [0.4, 0.5) is 0 Å². The summed E-state index contributed by atoms with van der Waals surface area (Å²) in [5.41, 5.74) is 2.12. The van der Waals surface area contributed by atoms with Crippen molar-refractivity contribution in [3.63, 3.8) is 0 Å². The van der Waals surface area contributed by atoms with Crippen LogP contribution in [0.3, 0.4) is 0 Å². The molecule has 5 nitrogen and oxygen atoms in total. The summed E-state index contributed by atoms with van der Waals surface area (Å²) in [6.45, 7) is 6.52. The molecule has 144 valence electrons. The minimum atomic E-state index is -0.654. The van der Waals surface area contributed by atoms with E-state index in [9.17, 15) is 9.59 Å². The van der Waals surface area contributed by atoms with Crippen LogP contribution in [-0.4, -0.2) is 36.0 Å². The van der Waals surface area contributed by atoms with E-state index in [4.69, 9.17) is 9.47 Å². The van der Waals surface area contributed by atoms with Crippen LogP contribution in [-0.2, 0) is 20.9 Å². The summed E-state index contributed by atoms with van der Waals surface area (Å²) in [5.74, 6) is 0.172. The summed E-state index contributed by atoms with van der Waals surface area (Å²) in [7, 11) is 0. The number of benzene rings is 2. The van der Waals surface area contributed by atoms with Crippen LogP contribution < -0.4 is 4.74 Å². The normalized spacial score (nSPS) is 11.5. The van der Waals surface area contributed by atoms with Gasteiger partial charge in [0.2, 0.25) is 0 Å². The Morgan fingerprint density at radius 1 is 1.04 bits per heavy atom. The molecule has 2 aromatic rings. The van der Waals surface area contributed by atoms with Gasteiger partial charge in [-0.15, -0.1) is 0 Å². The largest absolute Gasteiger partial charge is 0.481 e. The molecule has 0 aliphatic rings. The monoisotopic (exact) mass is 369 g/mol. The second kappa shape index (κ2) is 10.4. The van der Waals surface area contributed by atoms with Gasteiger partial charge in [-0.1, -0.05) is 48.0 Å². The number of carbonyl (C=O) groups is 2. The fourth-order valence-electron chi connectivity index (χ4n) is 2.66. The molecule has 1 amide bonds. The lowest BCUT2D eigenvalue weighted by molar-refractivity contribution is -0.145. The first-order valence-electron chi connectivity index (χ1n) is 9.21. The molecular weight excluding hydrogens is 342 g/mol. The Hall–Kier alpha value is -2.82. The fraction of sp³-hybridized carbons (Fsp3) is 0.364. The zero-order valence-electron chi connectivity index (χ0n) is 16.2. The average molecular weight is 369 g/mol. The SMILES string of the molecule is CCOC(=O)CCN(Cc1ccccc1)C(=O)C(C)Oc1ccc(C)cc1. The van der Waals surface area contributed by atoms with Crippen LogP contribution >= 0.6 is 0 Å². The quantitative estimate of drug-likeness (QED) is 0.632. The van der Waals surface area contributed by atoms with Crippen LogP contribution in [0.25, 0.3) is 0 Å². The van der Waals surface area contributed by atoms with Crippen LogP contribution in [0.5, 0.6) is 5.75 Å². The lowest BCUT2D eigenvalue weighted by Crippen LogP contribution is -2.41. The Labute approximate surface area is 160 Å². The van der Waals surface area contributed by atoms with Crippen molar-refractivity contribution in [3.8, 4) is 5.75 Å². The smallest absolute Gasteiger partial charge is 0.307 e. The van der Waals surface area contributed by atoms with Crippen LogP contribution in [0.1, 0.15) is 31.4 Å². The number of esters is 1. The van der Waals surface area contributed by atoms with Crippen LogP contribution in [0.15, 0.2) is 54.6 Å². The maximum absolute atomic E-state index is 12.9. The van der Waals surface area contributed by atoms with Crippen molar-refractivity contribution >= 4 is 11.9 Å². The maximum atomic E-state index is 12.9. The second-order valence-electron chi connectivity index (χ2n) is 6.37. The van der Waals surface area contributed by atoms with Crippen molar-refractivity contribution in [3.05, 3.63) is 65.7 Å². The molecule has 27 heavy (non-hydrogen) atoms. The van der Waals surface area contributed by atoms with E-state index in [0.717, 1.165) is 11.1 Å². The highest BCUT2D eigenvalue weighted by molar-refractivity contribution is 5.81. The maximum Gasteiger partial charge on any atom is 0.307 e. The number of amides is 1. The highest BCUT2D eigenvalue weighted by atomic mass is 16.5. The molecule has 0 bridgehead atoms. The number of carbonyl (C=O) groups excluding carboxylic acids is 2. The zero-order chi connectivity index (χ0) is 19.6. The van der Waals surface area contributed by atoms with Crippen molar-refractivity contribution in [2.45, 2.75) is 39.8 Å². The van der Waals surface area contributed by atoms with Gasteiger partial charge in [0.25, 0.3) is 5.91 Å². The molecule has 0 aromatic heterocycles. The van der Waals surface area contributed by atoms with E-state index in [1.807, 2.05) is 61.5 Å². The predicted octanol–water partition coefficient (Wildman–Crippen LogP) is 3.74. The van der Waals surface area contributed by atoms with Gasteiger partial charge in [-0.05, 0) is 38.5 Å². The van der Waals surface area contributed by atoms with Crippen molar-refractivity contribution in [2.24, 2.45) is 0 Å². The summed E-state index contributed by atoms with van der Waals surface area (Å²) in [4.78, 5) is 26.3. The molecule has 0 N–H and O–H groups in total. The number of aryl methyl sites for hydroxylation is 1. The Bertz CT molecular complexity index is 728. The van der Waals surface area contributed by atoms with Gasteiger partial charge in [0.05, 0.1) is 13.0 Å². The predicted molar refractivity (Wildman–Crippen MR) is 104 cm³/mol. The molecule has 1 unspecified atom stereocenters. The van der Waals surface area contributed by atoms with E-state index in [1.54, 1.807) is 18.7 Å². The summed E-state index contributed by atoms with van der Waals surface area (Å²) in [6.07, 6.45) is -0.498. The van der Waals surface area contributed by atoms with Gasteiger partial charge in [0, 0.05) is 13.1 Å². The Morgan fingerprint density at radius 2 is 1.70 bits per heavy atom. The number of hydrogen-bond donors (Lipinski definition) is 0. The van der Waals surface area contributed by atoms with Gasteiger partial charge < -0.3 is 14.4 Å². The summed E-state index contributed by atoms with van der Waals surface area (Å²) >= 11 is 0. The van der Waals surface area contributed by atoms with Crippen LogP contribution in [0, 0.1) is 6.92 Å². The van der Waals surface area contributed by atoms with E-state index in [1.165, 1.54) is 0 Å². The van der Waals surface area contributed by atoms with Gasteiger partial charge in [-0.2, -0.15) is 0 Å². The third-order valence-corrected chi connectivity index (χ3v) is 4.10. The van der Waals surface area contributed by atoms with E-state index in [2.05, 4.69) is 0 Å². The summed E-state index contributed by atoms with van der Waals surface area (Å²) in [6, 6.07) is 17.3. The lowest BCUT2D eigenvalue weighted by atomic mass is 10.2. The second-order valence-corrected chi connectivity index (χ2v) is 6.37. The van der Waals surface area contributed by atoms with Crippen molar-refractivity contribution < 1.29 is 19.1 Å². The molecule has 0 saturated heterocycles. The molecule has 2 rings (SSSR count). The van der Waals surface area contributed by atoms with Gasteiger partial charge in [-0.25, -0.2) is 0 Å². The third kappa shape index (κ3) is 6.77. The minimum Gasteiger partial charge on any atom is -0.481 e. The Morgan fingerprint density at radius 3 is 2.33 bits per heavy atom. The zero-order valence-corrected chi connectivity index (χ0v) is 16.2. The van der Waals surface area contributed by atoms with Crippen LogP contribution in [0.2, 0.25) is 0 Å². The van der Waals surface area contributed by atoms with E-state index >= 15 is 0 Å². The lowest BCUT2D eigenvalue weighted by Gasteiger charge is -2.26. The Balaban J connectivity index is 2.05. The van der Waals surface area contributed by atoms with Crippen molar-refractivity contribution in [2.75, 3.05) is 13.2 Å². The highest BCUT2D eigenvalue weighted by Gasteiger charge is 2.23. The van der Waals surface area contributed by atoms with Gasteiger partial charge in [-0.3, -0.25) is 9.59 Å². The van der Waals surface area contributed by atoms with Crippen molar-refractivity contribution in [1.29, 1.82) is 0 Å². The molecule has 1 atom stereocenters. The summed E-state index contributed by atoms with van der Waals surface area (Å²) < 4.78 is 10.8. The molecule has 0 heterocycles. The average Bonchev–Trinajstić information content (AvgIpc) is 2.67. The number of rotatable bonds is 9. The Kier molecular flexibility index (Phi) is 7.86. The van der Waals surface area contributed by atoms with E-state index < -0.39 is 6.10 Å². The number of hydrogen-bond acceptors (Lipinski definition) is 4. The van der Waals surface area contributed by atoms with Gasteiger partial charge in [0.15, 0.2) is 6.10 Å². The van der Waals surface area contributed by atoms with E-state index in [-0.39, 0.29) is 24.8 Å². The molecule has 0 radical (unpaired) electrons. The first-order chi connectivity index (χ1) is 13.0. The third-order valence-electron chi connectivity index (χ3n) is 4.10. The first kappa shape index (κ1) is 20.5. The molecule has 0 spiro atoms. The standard InChI is InChI=1S/C22H27NO4/c1-4-26-21(24)14-15-23(16-19-8-6-5-7-9-19)22(25)18(3)27-20-12-10-17(2)11-13-20/h5-13,18H,4,14-16H2,1-3H3. The molecule has 2 aromatic carbocycles. The van der Waals surface area contributed by atoms with Crippen molar-refractivity contribution in [1.82, 2.24) is 4.90 Å². The highest BCUT2D eigenvalue weighted by Crippen LogP contribution is 2.15. The first-order valence-corrected chi connectivity index (χ1v) is 9.21. The minimum absolute atomic E-state index is 0.156. The molecule has 0 aliphatic carbocycles. The summed E-state index contributed by atoms with van der Waals surface area (Å²) in [5, 5.41) is 0. The number of ether oxygens (including phenoxy) is 2. The molecule has 5 heteroatoms. The van der Waals surface area contributed by atoms with Gasteiger partial charge in [0.1, 0.15) is 5.75 Å². The molecular formula is C22H27NO4. The van der Waals surface area contributed by atoms with Gasteiger partial charge >= 0.3 is 5.97 Å². The molecule has 0 aliphatic heterocycles.